The van der Waals surface area contributed by atoms with Gasteiger partial charge in [-0.25, -0.2) is 9.97 Å². The summed E-state index contributed by atoms with van der Waals surface area (Å²) in [5, 5.41) is 14.1. The van der Waals surface area contributed by atoms with Crippen LogP contribution < -0.4 is 5.32 Å². The van der Waals surface area contributed by atoms with Crippen molar-refractivity contribution in [2.75, 3.05) is 11.9 Å². The van der Waals surface area contributed by atoms with Crippen molar-refractivity contribution in [3.8, 4) is 17.3 Å². The molecule has 0 aliphatic rings. The van der Waals surface area contributed by atoms with Crippen LogP contribution in [0.15, 0.2) is 42.6 Å². The predicted molar refractivity (Wildman–Crippen MR) is 97.6 cm³/mol. The fourth-order valence-corrected chi connectivity index (χ4v) is 2.58. The highest BCUT2D eigenvalue weighted by Crippen LogP contribution is 2.34. The standard InChI is InChI=1S/C20H19FN4/c1-20(2,3)12-24-19-14-6-4-5-7-16(14)25-18(15(19)10-22)13-8-9-17(21)23-11-13/h4-9,11H,12H2,1-3H3,(H,24,25). The second-order valence-corrected chi connectivity index (χ2v) is 7.12. The van der Waals surface area contributed by atoms with Crippen LogP contribution in [0.2, 0.25) is 0 Å². The van der Waals surface area contributed by atoms with Gasteiger partial charge in [0.05, 0.1) is 16.9 Å². The van der Waals surface area contributed by atoms with Crippen molar-refractivity contribution in [2.24, 2.45) is 5.41 Å². The highest BCUT2D eigenvalue weighted by atomic mass is 19.1. The highest BCUT2D eigenvalue weighted by Gasteiger charge is 2.18. The summed E-state index contributed by atoms with van der Waals surface area (Å²) in [7, 11) is 0. The molecule has 0 amide bonds. The molecule has 0 atom stereocenters. The van der Waals surface area contributed by atoms with Gasteiger partial charge in [0.1, 0.15) is 11.6 Å². The molecule has 3 rings (SSSR count). The molecule has 126 valence electrons. The molecule has 4 nitrogen and oxygen atoms in total. The maximum atomic E-state index is 13.2. The fraction of sp³-hybridized carbons (Fsp3) is 0.250. The highest BCUT2D eigenvalue weighted by molar-refractivity contribution is 5.97. The molecule has 5 heteroatoms. The lowest BCUT2D eigenvalue weighted by atomic mass is 9.96. The van der Waals surface area contributed by atoms with Crippen LogP contribution in [-0.4, -0.2) is 16.5 Å². The van der Waals surface area contributed by atoms with Crippen molar-refractivity contribution in [3.63, 3.8) is 0 Å². The molecule has 0 fully saturated rings. The van der Waals surface area contributed by atoms with Crippen LogP contribution in [0.25, 0.3) is 22.2 Å². The van der Waals surface area contributed by atoms with E-state index in [4.69, 9.17) is 0 Å². The number of hydrogen-bond acceptors (Lipinski definition) is 4. The number of pyridine rings is 2. The van der Waals surface area contributed by atoms with E-state index < -0.39 is 5.95 Å². The molecule has 0 radical (unpaired) electrons. The second-order valence-electron chi connectivity index (χ2n) is 7.12. The minimum Gasteiger partial charge on any atom is -0.383 e. The van der Waals surface area contributed by atoms with E-state index in [0.29, 0.717) is 23.4 Å². The van der Waals surface area contributed by atoms with Gasteiger partial charge in [-0.2, -0.15) is 9.65 Å². The summed E-state index contributed by atoms with van der Waals surface area (Å²) >= 11 is 0. The molecule has 2 aromatic heterocycles. The summed E-state index contributed by atoms with van der Waals surface area (Å²) in [5.41, 5.74) is 3.14. The number of nitrogens with zero attached hydrogens (tertiary/aromatic N) is 3. The molecule has 0 aliphatic carbocycles. The third-order valence-electron chi connectivity index (χ3n) is 3.80. The Morgan fingerprint density at radius 3 is 2.56 bits per heavy atom. The molecule has 0 bridgehead atoms. The van der Waals surface area contributed by atoms with E-state index in [1.54, 1.807) is 6.07 Å². The number of aromatic nitrogens is 2. The van der Waals surface area contributed by atoms with Crippen molar-refractivity contribution in [1.82, 2.24) is 9.97 Å². The SMILES string of the molecule is CC(C)(C)CNc1c(C#N)c(-c2ccc(F)nc2)nc2ccccc12. The third-order valence-corrected chi connectivity index (χ3v) is 3.80. The third kappa shape index (κ3) is 3.58. The van der Waals surface area contributed by atoms with Gasteiger partial charge >= 0.3 is 0 Å². The van der Waals surface area contributed by atoms with Crippen molar-refractivity contribution in [2.45, 2.75) is 20.8 Å². The van der Waals surface area contributed by atoms with Gasteiger partial charge in [0.15, 0.2) is 0 Å². The van der Waals surface area contributed by atoms with Gasteiger partial charge in [0.25, 0.3) is 0 Å². The molecule has 1 N–H and O–H groups in total. The first-order valence-electron chi connectivity index (χ1n) is 8.08. The Morgan fingerprint density at radius 2 is 1.92 bits per heavy atom. The zero-order valence-corrected chi connectivity index (χ0v) is 14.5. The van der Waals surface area contributed by atoms with Gasteiger partial charge in [-0.3, -0.25) is 0 Å². The summed E-state index contributed by atoms with van der Waals surface area (Å²) in [4.78, 5) is 8.32. The minimum atomic E-state index is -0.561. The monoisotopic (exact) mass is 334 g/mol. The van der Waals surface area contributed by atoms with Gasteiger partial charge < -0.3 is 5.32 Å². The molecular weight excluding hydrogens is 315 g/mol. The van der Waals surface area contributed by atoms with Crippen molar-refractivity contribution in [3.05, 3.63) is 54.1 Å². The molecule has 2 heterocycles. The van der Waals surface area contributed by atoms with E-state index in [1.807, 2.05) is 24.3 Å². The van der Waals surface area contributed by atoms with Gasteiger partial charge in [-0.15, -0.1) is 0 Å². The first-order chi connectivity index (χ1) is 11.9. The normalized spacial score (nSPS) is 11.3. The summed E-state index contributed by atoms with van der Waals surface area (Å²) in [6.07, 6.45) is 1.40. The summed E-state index contributed by atoms with van der Waals surface area (Å²) in [6, 6.07) is 12.8. The predicted octanol–water partition coefficient (Wildman–Crippen LogP) is 4.77. The number of halogens is 1. The van der Waals surface area contributed by atoms with Crippen molar-refractivity contribution < 1.29 is 4.39 Å². The first-order valence-corrected chi connectivity index (χ1v) is 8.08. The lowest BCUT2D eigenvalue weighted by Crippen LogP contribution is -2.20. The second kappa shape index (κ2) is 6.48. The van der Waals surface area contributed by atoms with E-state index in [-0.39, 0.29) is 5.41 Å². The quantitative estimate of drug-likeness (QED) is 0.701. The van der Waals surface area contributed by atoms with E-state index >= 15 is 0 Å². The zero-order chi connectivity index (χ0) is 18.0. The van der Waals surface area contributed by atoms with E-state index in [9.17, 15) is 9.65 Å². The molecule has 1 aromatic carbocycles. The summed E-state index contributed by atoms with van der Waals surface area (Å²) in [5.74, 6) is -0.561. The van der Waals surface area contributed by atoms with Crippen LogP contribution in [0.1, 0.15) is 26.3 Å². The Bertz CT molecular complexity index is 950. The number of benzene rings is 1. The van der Waals surface area contributed by atoms with Crippen LogP contribution in [0.3, 0.4) is 0 Å². The molecule has 3 aromatic rings. The van der Waals surface area contributed by atoms with Crippen LogP contribution in [-0.2, 0) is 0 Å². The smallest absolute Gasteiger partial charge is 0.212 e. The molecule has 0 saturated heterocycles. The summed E-state index contributed by atoms with van der Waals surface area (Å²) < 4.78 is 13.2. The van der Waals surface area contributed by atoms with Gasteiger partial charge in [-0.05, 0) is 23.6 Å². The van der Waals surface area contributed by atoms with E-state index in [2.05, 4.69) is 42.1 Å². The van der Waals surface area contributed by atoms with Crippen molar-refractivity contribution >= 4 is 16.6 Å². The number of nitriles is 1. The zero-order valence-electron chi connectivity index (χ0n) is 14.5. The lowest BCUT2D eigenvalue weighted by Gasteiger charge is -2.22. The largest absolute Gasteiger partial charge is 0.383 e. The average Bonchev–Trinajstić information content (AvgIpc) is 2.58. The van der Waals surface area contributed by atoms with E-state index in [0.717, 1.165) is 16.6 Å². The lowest BCUT2D eigenvalue weighted by molar-refractivity contribution is 0.443. The Hall–Kier alpha value is -3.00. The van der Waals surface area contributed by atoms with Crippen molar-refractivity contribution in [1.29, 1.82) is 5.26 Å². The van der Waals surface area contributed by atoms with Crippen LogP contribution in [0.4, 0.5) is 10.1 Å². The first kappa shape index (κ1) is 16.8. The Kier molecular flexibility index (Phi) is 4.37. The minimum absolute atomic E-state index is 0.0503. The Labute approximate surface area is 146 Å². The Morgan fingerprint density at radius 1 is 1.16 bits per heavy atom. The molecule has 25 heavy (non-hydrogen) atoms. The average molecular weight is 334 g/mol. The fourth-order valence-electron chi connectivity index (χ4n) is 2.58. The van der Waals surface area contributed by atoms with Gasteiger partial charge in [0.2, 0.25) is 5.95 Å². The topological polar surface area (TPSA) is 61.6 Å². The molecule has 0 unspecified atom stereocenters. The van der Waals surface area contributed by atoms with Crippen LogP contribution in [0.5, 0.6) is 0 Å². The molecule has 0 saturated carbocycles. The number of anilines is 1. The molecular formula is C20H19FN4. The van der Waals surface area contributed by atoms with Crippen LogP contribution in [0, 0.1) is 22.7 Å². The number of fused-ring (bicyclic) bond motifs is 1. The number of hydrogen-bond donors (Lipinski definition) is 1. The number of nitrogens with one attached hydrogen (secondary N) is 1. The van der Waals surface area contributed by atoms with Gasteiger partial charge in [-0.1, -0.05) is 39.0 Å². The number of para-hydroxylation sites is 1. The molecule has 0 spiro atoms. The molecule has 0 aliphatic heterocycles. The maximum absolute atomic E-state index is 13.2. The Balaban J connectivity index is 2.24. The maximum Gasteiger partial charge on any atom is 0.212 e. The van der Waals surface area contributed by atoms with E-state index in [1.165, 1.54) is 12.3 Å². The van der Waals surface area contributed by atoms with Gasteiger partial charge in [0, 0.05) is 23.7 Å². The van der Waals surface area contributed by atoms with Crippen LogP contribution >= 0.6 is 0 Å². The summed E-state index contributed by atoms with van der Waals surface area (Å²) in [6.45, 7) is 7.08. The number of rotatable bonds is 3.